The molecule has 0 saturated heterocycles. The van der Waals surface area contributed by atoms with Gasteiger partial charge in [0.2, 0.25) is 5.96 Å². The molecule has 2 aromatic rings. The van der Waals surface area contributed by atoms with Crippen molar-refractivity contribution >= 4 is 35.2 Å². The number of hydrogen-bond donors (Lipinski definition) is 3. The largest absolute Gasteiger partial charge is 0.465 e. The number of anilines is 1. The first-order chi connectivity index (χ1) is 16.0. The zero-order chi connectivity index (χ0) is 25.2. The normalized spacial score (nSPS) is 15.3. The van der Waals surface area contributed by atoms with E-state index in [-0.39, 0.29) is 33.9 Å². The maximum atomic E-state index is 13.1. The minimum atomic E-state index is -0.672. The second-order valence-electron chi connectivity index (χ2n) is 8.68. The summed E-state index contributed by atoms with van der Waals surface area (Å²) in [6.45, 7) is 5.84. The van der Waals surface area contributed by atoms with Gasteiger partial charge in [0.15, 0.2) is 5.76 Å². The number of nitrogens with one attached hydrogen (secondary N) is 1. The van der Waals surface area contributed by atoms with Gasteiger partial charge in [0, 0.05) is 23.2 Å². The molecule has 11 nitrogen and oxygen atoms in total. The fourth-order valence-corrected chi connectivity index (χ4v) is 3.89. The van der Waals surface area contributed by atoms with Gasteiger partial charge in [0.25, 0.3) is 5.91 Å². The summed E-state index contributed by atoms with van der Waals surface area (Å²) in [6, 6.07) is 4.10. The lowest BCUT2D eigenvalue weighted by Gasteiger charge is -2.29. The van der Waals surface area contributed by atoms with Crippen LogP contribution in [0.1, 0.15) is 68.4 Å². The van der Waals surface area contributed by atoms with Gasteiger partial charge in [-0.1, -0.05) is 13.8 Å². The molecule has 0 unspecified atom stereocenters. The first kappa shape index (κ1) is 24.5. The molecule has 11 heteroatoms. The lowest BCUT2D eigenvalue weighted by atomic mass is 9.75. The lowest BCUT2D eigenvalue weighted by molar-refractivity contribution is 0.0598. The quantitative estimate of drug-likeness (QED) is 0.259. The average Bonchev–Trinajstić information content (AvgIpc) is 3.10. The van der Waals surface area contributed by atoms with Gasteiger partial charge in [-0.05, 0) is 37.0 Å². The maximum absolute atomic E-state index is 13.1. The third-order valence-corrected chi connectivity index (χ3v) is 5.32. The smallest absolute Gasteiger partial charge is 0.337 e. The topological polar surface area (TPSA) is 172 Å². The van der Waals surface area contributed by atoms with Crippen LogP contribution in [0.2, 0.25) is 0 Å². The molecule has 0 aliphatic heterocycles. The molecule has 1 aliphatic rings. The second kappa shape index (κ2) is 9.38. The van der Waals surface area contributed by atoms with Crippen LogP contribution in [0.25, 0.3) is 0 Å². The molecule has 3 rings (SSSR count). The highest BCUT2D eigenvalue weighted by Crippen LogP contribution is 2.39. The minimum absolute atomic E-state index is 0.0724. The van der Waals surface area contributed by atoms with E-state index in [0.29, 0.717) is 35.4 Å². The van der Waals surface area contributed by atoms with Gasteiger partial charge < -0.3 is 30.7 Å². The fraction of sp³-hybridized carbons (Fsp3) is 0.348. The number of nitrogens with two attached hydrogens (primary N) is 2. The Balaban J connectivity index is 2.01. The summed E-state index contributed by atoms with van der Waals surface area (Å²) in [4.78, 5) is 37.2. The Morgan fingerprint density at radius 2 is 1.62 bits per heavy atom. The first-order valence-electron chi connectivity index (χ1n) is 10.4. The van der Waals surface area contributed by atoms with Gasteiger partial charge in [-0.25, -0.2) is 9.59 Å². The number of amides is 1. The van der Waals surface area contributed by atoms with Crippen molar-refractivity contribution in [3.8, 4) is 0 Å². The SMILES string of the molecule is COC(=O)c1cc(NC(=O)c2oc3c(c2C)/C(=N\N=C(N)N)CC(C)(C)C3)cc(C(=O)OC)c1. The standard InChI is InChI=1S/C23H27N5O6/c1-11-17-15(27-28-22(24)25)9-23(2,3)10-16(17)34-18(11)19(29)26-14-7-12(20(30)32-4)6-13(8-14)21(31)33-5/h6-8H,9-10H2,1-5H3,(H,26,29)(H4,24,25,28)/b27-15-. The molecule has 1 aromatic carbocycles. The summed E-state index contributed by atoms with van der Waals surface area (Å²) in [7, 11) is 2.43. The Kier molecular flexibility index (Phi) is 6.75. The molecule has 0 saturated carbocycles. The Morgan fingerprint density at radius 3 is 2.15 bits per heavy atom. The number of furan rings is 1. The van der Waals surface area contributed by atoms with Crippen LogP contribution in [0, 0.1) is 12.3 Å². The van der Waals surface area contributed by atoms with Crippen molar-refractivity contribution in [2.24, 2.45) is 27.1 Å². The third-order valence-electron chi connectivity index (χ3n) is 5.32. The number of methoxy groups -OCH3 is 2. The molecule has 1 aromatic heterocycles. The van der Waals surface area contributed by atoms with Crippen molar-refractivity contribution in [1.29, 1.82) is 0 Å². The highest BCUT2D eigenvalue weighted by Gasteiger charge is 2.36. The predicted molar refractivity (Wildman–Crippen MR) is 125 cm³/mol. The molecule has 0 atom stereocenters. The highest BCUT2D eigenvalue weighted by molar-refractivity contribution is 6.10. The zero-order valence-electron chi connectivity index (χ0n) is 19.6. The van der Waals surface area contributed by atoms with Crippen LogP contribution in [0.3, 0.4) is 0 Å². The lowest BCUT2D eigenvalue weighted by Crippen LogP contribution is -2.27. The number of carbonyl (C=O) groups excluding carboxylic acids is 3. The van der Waals surface area contributed by atoms with Crippen LogP contribution in [0.5, 0.6) is 0 Å². The van der Waals surface area contributed by atoms with Crippen LogP contribution in [-0.4, -0.2) is 43.7 Å². The molecular formula is C23H27N5O6. The van der Waals surface area contributed by atoms with Crippen molar-refractivity contribution in [1.82, 2.24) is 0 Å². The van der Waals surface area contributed by atoms with Crippen molar-refractivity contribution in [3.63, 3.8) is 0 Å². The molecule has 1 aliphatic carbocycles. The van der Waals surface area contributed by atoms with Gasteiger partial charge in [-0.15, -0.1) is 5.10 Å². The summed E-state index contributed by atoms with van der Waals surface area (Å²) in [6.07, 6.45) is 1.17. The fourth-order valence-electron chi connectivity index (χ4n) is 3.89. The number of esters is 2. The van der Waals surface area contributed by atoms with Gasteiger partial charge in [-0.2, -0.15) is 5.10 Å². The van der Waals surface area contributed by atoms with E-state index in [0.717, 1.165) is 0 Å². The molecule has 180 valence electrons. The molecule has 1 amide bonds. The summed E-state index contributed by atoms with van der Waals surface area (Å²) in [5.74, 6) is -1.42. The van der Waals surface area contributed by atoms with E-state index >= 15 is 0 Å². The van der Waals surface area contributed by atoms with Crippen LogP contribution in [0.15, 0.2) is 32.8 Å². The average molecular weight is 469 g/mol. The number of benzene rings is 1. The van der Waals surface area contributed by atoms with Crippen molar-refractivity contribution < 1.29 is 28.3 Å². The van der Waals surface area contributed by atoms with Crippen molar-refractivity contribution in [2.75, 3.05) is 19.5 Å². The molecule has 34 heavy (non-hydrogen) atoms. The van der Waals surface area contributed by atoms with E-state index in [2.05, 4.69) is 15.5 Å². The van der Waals surface area contributed by atoms with E-state index in [1.54, 1.807) is 6.92 Å². The van der Waals surface area contributed by atoms with E-state index < -0.39 is 17.8 Å². The van der Waals surface area contributed by atoms with Crippen LogP contribution in [-0.2, 0) is 15.9 Å². The highest BCUT2D eigenvalue weighted by atomic mass is 16.5. The number of ether oxygens (including phenoxy) is 2. The Hall–Kier alpha value is -4.15. The molecule has 0 fully saturated rings. The van der Waals surface area contributed by atoms with Crippen LogP contribution in [0.4, 0.5) is 5.69 Å². The van der Waals surface area contributed by atoms with E-state index in [1.807, 2.05) is 13.8 Å². The molecule has 0 spiro atoms. The van der Waals surface area contributed by atoms with Gasteiger partial charge in [0.1, 0.15) is 5.76 Å². The molecule has 0 radical (unpaired) electrons. The number of hydrogen-bond acceptors (Lipinski definition) is 8. The third kappa shape index (κ3) is 5.08. The minimum Gasteiger partial charge on any atom is -0.465 e. The predicted octanol–water partition coefficient (Wildman–Crippen LogP) is 2.36. The zero-order valence-corrected chi connectivity index (χ0v) is 19.6. The second-order valence-corrected chi connectivity index (χ2v) is 8.68. The summed E-state index contributed by atoms with van der Waals surface area (Å²) < 4.78 is 15.4. The molecule has 0 bridgehead atoms. The maximum Gasteiger partial charge on any atom is 0.337 e. The number of carbonyl (C=O) groups is 3. The Bertz CT molecular complexity index is 1190. The summed E-state index contributed by atoms with van der Waals surface area (Å²) >= 11 is 0. The number of guanidine groups is 1. The van der Waals surface area contributed by atoms with Crippen LogP contribution < -0.4 is 16.8 Å². The van der Waals surface area contributed by atoms with Gasteiger partial charge in [-0.3, -0.25) is 4.79 Å². The van der Waals surface area contributed by atoms with Gasteiger partial charge in [0.05, 0.1) is 31.1 Å². The van der Waals surface area contributed by atoms with E-state index in [9.17, 15) is 14.4 Å². The number of nitrogens with zero attached hydrogens (tertiary/aromatic N) is 2. The van der Waals surface area contributed by atoms with Crippen LogP contribution >= 0.6 is 0 Å². The molecule has 5 N–H and O–H groups in total. The van der Waals surface area contributed by atoms with Crippen molar-refractivity contribution in [3.05, 3.63) is 52.0 Å². The van der Waals surface area contributed by atoms with E-state index in [4.69, 9.17) is 25.4 Å². The number of fused-ring (bicyclic) bond motifs is 1. The summed E-state index contributed by atoms with van der Waals surface area (Å²) in [5, 5.41) is 10.6. The van der Waals surface area contributed by atoms with Gasteiger partial charge >= 0.3 is 11.9 Å². The molecule has 1 heterocycles. The number of rotatable bonds is 5. The first-order valence-corrected chi connectivity index (χ1v) is 10.4. The van der Waals surface area contributed by atoms with E-state index in [1.165, 1.54) is 32.4 Å². The summed E-state index contributed by atoms with van der Waals surface area (Å²) in [5.41, 5.74) is 12.9. The Labute approximate surface area is 196 Å². The monoisotopic (exact) mass is 469 g/mol. The van der Waals surface area contributed by atoms with Crippen molar-refractivity contribution in [2.45, 2.75) is 33.6 Å². The molecular weight excluding hydrogens is 442 g/mol. The Morgan fingerprint density at radius 1 is 1.03 bits per heavy atom.